The Morgan fingerprint density at radius 3 is 2.28 bits per heavy atom. The van der Waals surface area contributed by atoms with Crippen molar-refractivity contribution in [2.45, 2.75) is 24.3 Å². The largest absolute Gasteiger partial charge is 0.480 e. The number of nitrogens with zero attached hydrogens (tertiary/aromatic N) is 2. The fourth-order valence-electron chi connectivity index (χ4n) is 2.87. The number of amides is 1. The van der Waals surface area contributed by atoms with E-state index in [1.165, 1.54) is 12.1 Å². The van der Waals surface area contributed by atoms with Gasteiger partial charge < -0.3 is 10.0 Å². The first kappa shape index (κ1) is 21.4. The molecule has 1 fully saturated rings. The molecule has 7 nitrogen and oxygen atoms in total. The SMILES string of the molecule is CCC(C(=O)O)N1CCN(C(=O)c2cccc(S(C)(=O)=O)c2)CC1.Cl. The summed E-state index contributed by atoms with van der Waals surface area (Å²) in [6.07, 6.45) is 1.62. The average molecular weight is 391 g/mol. The second-order valence-electron chi connectivity index (χ2n) is 5.89. The monoisotopic (exact) mass is 390 g/mol. The smallest absolute Gasteiger partial charge is 0.320 e. The lowest BCUT2D eigenvalue weighted by Gasteiger charge is -2.37. The summed E-state index contributed by atoms with van der Waals surface area (Å²) in [6, 6.07) is 5.46. The predicted molar refractivity (Wildman–Crippen MR) is 96.0 cm³/mol. The molecular formula is C16H23ClN2O5S. The van der Waals surface area contributed by atoms with Crippen LogP contribution in [0, 0.1) is 0 Å². The fourth-order valence-corrected chi connectivity index (χ4v) is 3.53. The average Bonchev–Trinajstić information content (AvgIpc) is 2.54. The Morgan fingerprint density at radius 1 is 1.20 bits per heavy atom. The molecule has 25 heavy (non-hydrogen) atoms. The Bertz CT molecular complexity index is 730. The lowest BCUT2D eigenvalue weighted by Crippen LogP contribution is -2.53. The highest BCUT2D eigenvalue weighted by Gasteiger charge is 2.29. The molecule has 1 unspecified atom stereocenters. The van der Waals surface area contributed by atoms with E-state index in [2.05, 4.69) is 0 Å². The molecule has 1 atom stereocenters. The minimum absolute atomic E-state index is 0. The van der Waals surface area contributed by atoms with Gasteiger partial charge in [0.15, 0.2) is 9.84 Å². The van der Waals surface area contributed by atoms with Crippen LogP contribution in [0.2, 0.25) is 0 Å². The van der Waals surface area contributed by atoms with E-state index in [4.69, 9.17) is 0 Å². The van der Waals surface area contributed by atoms with Gasteiger partial charge in [0.2, 0.25) is 0 Å². The summed E-state index contributed by atoms with van der Waals surface area (Å²) in [6.45, 7) is 3.65. The summed E-state index contributed by atoms with van der Waals surface area (Å²) in [7, 11) is -3.37. The number of carbonyl (C=O) groups excluding carboxylic acids is 1. The van der Waals surface area contributed by atoms with Crippen molar-refractivity contribution >= 4 is 34.1 Å². The van der Waals surface area contributed by atoms with E-state index >= 15 is 0 Å². The number of aliphatic carboxylic acids is 1. The highest BCUT2D eigenvalue weighted by atomic mass is 35.5. The number of carbonyl (C=O) groups is 2. The highest BCUT2D eigenvalue weighted by molar-refractivity contribution is 7.90. The molecule has 0 aromatic heterocycles. The second-order valence-corrected chi connectivity index (χ2v) is 7.91. The van der Waals surface area contributed by atoms with Crippen LogP contribution in [0.15, 0.2) is 29.2 Å². The van der Waals surface area contributed by atoms with Gasteiger partial charge in [-0.3, -0.25) is 14.5 Å². The Kier molecular flexibility index (Phi) is 7.40. The number of sulfone groups is 1. The van der Waals surface area contributed by atoms with Crippen LogP contribution in [0.1, 0.15) is 23.7 Å². The Balaban J connectivity index is 0.00000312. The van der Waals surface area contributed by atoms with Crippen molar-refractivity contribution in [2.24, 2.45) is 0 Å². The van der Waals surface area contributed by atoms with Gasteiger partial charge in [-0.25, -0.2) is 8.42 Å². The molecule has 1 aromatic carbocycles. The van der Waals surface area contributed by atoms with Gasteiger partial charge in [0.05, 0.1) is 4.90 Å². The van der Waals surface area contributed by atoms with E-state index < -0.39 is 21.8 Å². The standard InChI is InChI=1S/C16H22N2O5S.ClH/c1-3-14(16(20)21)17-7-9-18(10-8-17)15(19)12-5-4-6-13(11-12)24(2,22)23;/h4-6,11,14H,3,7-10H2,1-2H3,(H,20,21);1H. The van der Waals surface area contributed by atoms with E-state index in [1.807, 2.05) is 11.8 Å². The van der Waals surface area contributed by atoms with Gasteiger partial charge in [0.1, 0.15) is 6.04 Å². The van der Waals surface area contributed by atoms with Crippen molar-refractivity contribution in [3.63, 3.8) is 0 Å². The summed E-state index contributed by atoms with van der Waals surface area (Å²) in [5.74, 6) is -1.08. The van der Waals surface area contributed by atoms with E-state index in [1.54, 1.807) is 17.0 Å². The van der Waals surface area contributed by atoms with Crippen molar-refractivity contribution in [3.8, 4) is 0 Å². The van der Waals surface area contributed by atoms with Gasteiger partial charge in [-0.1, -0.05) is 13.0 Å². The number of hydrogen-bond donors (Lipinski definition) is 1. The van der Waals surface area contributed by atoms with Crippen LogP contribution in [0.4, 0.5) is 0 Å². The molecule has 1 aromatic rings. The third kappa shape index (κ3) is 5.17. The zero-order valence-electron chi connectivity index (χ0n) is 14.2. The van der Waals surface area contributed by atoms with E-state index in [-0.39, 0.29) is 23.2 Å². The van der Waals surface area contributed by atoms with Crippen molar-refractivity contribution < 1.29 is 23.1 Å². The first-order valence-electron chi connectivity index (χ1n) is 7.80. The molecule has 0 radical (unpaired) electrons. The quantitative estimate of drug-likeness (QED) is 0.809. The molecule has 1 saturated heterocycles. The van der Waals surface area contributed by atoms with Crippen LogP contribution in [-0.4, -0.2) is 73.7 Å². The number of benzene rings is 1. The molecule has 0 bridgehead atoms. The van der Waals surface area contributed by atoms with Gasteiger partial charge in [-0.2, -0.15) is 0 Å². The number of carboxylic acid groups (broad SMARTS) is 1. The van der Waals surface area contributed by atoms with Crippen LogP contribution in [-0.2, 0) is 14.6 Å². The van der Waals surface area contributed by atoms with E-state index in [0.717, 1.165) is 6.26 Å². The van der Waals surface area contributed by atoms with Gasteiger partial charge in [0, 0.05) is 38.0 Å². The minimum atomic E-state index is -3.37. The molecule has 0 spiro atoms. The molecule has 1 amide bonds. The molecule has 9 heteroatoms. The number of piperazine rings is 1. The van der Waals surface area contributed by atoms with Crippen molar-refractivity contribution in [1.29, 1.82) is 0 Å². The third-order valence-electron chi connectivity index (χ3n) is 4.22. The summed E-state index contributed by atoms with van der Waals surface area (Å²) in [5, 5.41) is 9.21. The van der Waals surface area contributed by atoms with E-state index in [0.29, 0.717) is 38.2 Å². The fraction of sp³-hybridized carbons (Fsp3) is 0.500. The van der Waals surface area contributed by atoms with Crippen molar-refractivity contribution in [1.82, 2.24) is 9.80 Å². The first-order valence-corrected chi connectivity index (χ1v) is 9.69. The zero-order chi connectivity index (χ0) is 17.9. The summed E-state index contributed by atoms with van der Waals surface area (Å²) in [5.41, 5.74) is 0.330. The van der Waals surface area contributed by atoms with E-state index in [9.17, 15) is 23.1 Å². The van der Waals surface area contributed by atoms with Gasteiger partial charge in [-0.05, 0) is 24.6 Å². The molecule has 0 aliphatic carbocycles. The summed E-state index contributed by atoms with van der Waals surface area (Å²) >= 11 is 0. The molecule has 140 valence electrons. The highest BCUT2D eigenvalue weighted by Crippen LogP contribution is 2.16. The molecule has 1 aliphatic rings. The van der Waals surface area contributed by atoms with Gasteiger partial charge >= 0.3 is 5.97 Å². The lowest BCUT2D eigenvalue weighted by molar-refractivity contribution is -0.144. The maximum Gasteiger partial charge on any atom is 0.320 e. The normalized spacial score (nSPS) is 16.8. The lowest BCUT2D eigenvalue weighted by atomic mass is 10.1. The second kappa shape index (κ2) is 8.64. The minimum Gasteiger partial charge on any atom is -0.480 e. The maximum atomic E-state index is 12.6. The summed E-state index contributed by atoms with van der Waals surface area (Å²) < 4.78 is 23.2. The first-order chi connectivity index (χ1) is 11.2. The maximum absolute atomic E-state index is 12.6. The van der Waals surface area contributed by atoms with Crippen molar-refractivity contribution in [2.75, 3.05) is 32.4 Å². The number of halogens is 1. The molecule has 1 N–H and O–H groups in total. The number of rotatable bonds is 5. The Morgan fingerprint density at radius 2 is 1.80 bits per heavy atom. The number of carboxylic acids is 1. The third-order valence-corrected chi connectivity index (χ3v) is 5.33. The van der Waals surface area contributed by atoms with Gasteiger partial charge in [-0.15, -0.1) is 12.4 Å². The number of hydrogen-bond acceptors (Lipinski definition) is 5. The molecule has 1 aliphatic heterocycles. The van der Waals surface area contributed by atoms with Crippen LogP contribution >= 0.6 is 12.4 Å². The molecule has 2 rings (SSSR count). The predicted octanol–water partition coefficient (Wildman–Crippen LogP) is 1.13. The topological polar surface area (TPSA) is 95.0 Å². The van der Waals surface area contributed by atoms with Crippen LogP contribution in [0.25, 0.3) is 0 Å². The molecular weight excluding hydrogens is 368 g/mol. The van der Waals surface area contributed by atoms with Crippen LogP contribution in [0.5, 0.6) is 0 Å². The van der Waals surface area contributed by atoms with Crippen LogP contribution in [0.3, 0.4) is 0 Å². The molecule has 0 saturated carbocycles. The zero-order valence-corrected chi connectivity index (χ0v) is 15.8. The Labute approximate surface area is 153 Å². The van der Waals surface area contributed by atoms with Gasteiger partial charge in [0.25, 0.3) is 5.91 Å². The van der Waals surface area contributed by atoms with Crippen LogP contribution < -0.4 is 0 Å². The van der Waals surface area contributed by atoms with Crippen molar-refractivity contribution in [3.05, 3.63) is 29.8 Å². The Hall–Kier alpha value is -1.64. The molecule has 1 heterocycles. The summed E-state index contributed by atoms with van der Waals surface area (Å²) in [4.78, 5) is 27.4.